The number of thiazole rings is 1. The molecule has 0 unspecified atom stereocenters. The molecule has 1 fully saturated rings. The number of aliphatic hydroxyl groups is 1. The molecule has 5 aromatic rings. The highest BCUT2D eigenvalue weighted by molar-refractivity contribution is 7.13. The van der Waals surface area contributed by atoms with Crippen molar-refractivity contribution in [2.45, 2.75) is 118 Å². The summed E-state index contributed by atoms with van der Waals surface area (Å²) in [5.74, 6) is 0.128. The van der Waals surface area contributed by atoms with E-state index in [1.54, 1.807) is 55.4 Å². The number of hydrogen-bond acceptors (Lipinski definition) is 14. The van der Waals surface area contributed by atoms with Crippen molar-refractivity contribution >= 4 is 40.7 Å². The second kappa shape index (κ2) is 25.5. The lowest BCUT2D eigenvalue weighted by Gasteiger charge is -2.35. The highest BCUT2D eigenvalue weighted by atomic mass is 32.1. The summed E-state index contributed by atoms with van der Waals surface area (Å²) in [6.07, 6.45) is 2.74. The molecular formula is C54H72N8O10S. The lowest BCUT2D eigenvalue weighted by Crippen LogP contribution is -2.58. The Morgan fingerprint density at radius 3 is 2.25 bits per heavy atom. The normalized spacial score (nSPS) is 15.2. The minimum Gasteiger partial charge on any atom is -0.497 e. The van der Waals surface area contributed by atoms with Gasteiger partial charge in [0.1, 0.15) is 41.6 Å². The summed E-state index contributed by atoms with van der Waals surface area (Å²) in [5.41, 5.74) is 6.69. The Hall–Kier alpha value is -6.41. The Bertz CT molecular complexity index is 2660. The predicted molar refractivity (Wildman–Crippen MR) is 280 cm³/mol. The van der Waals surface area contributed by atoms with Gasteiger partial charge in [-0.25, -0.2) is 9.67 Å². The first-order valence-corrected chi connectivity index (χ1v) is 25.6. The fourth-order valence-electron chi connectivity index (χ4n) is 8.33. The number of unbranched alkanes of at least 4 members (excludes halogenated alkanes) is 3. The second-order valence-electron chi connectivity index (χ2n) is 20.3. The van der Waals surface area contributed by atoms with E-state index in [0.29, 0.717) is 54.1 Å². The molecule has 6 rings (SSSR count). The van der Waals surface area contributed by atoms with Gasteiger partial charge in [0.05, 0.1) is 61.9 Å². The van der Waals surface area contributed by atoms with Crippen molar-refractivity contribution in [3.63, 3.8) is 0 Å². The highest BCUT2D eigenvalue weighted by Crippen LogP contribution is 2.33. The molecule has 3 atom stereocenters. The van der Waals surface area contributed by atoms with Gasteiger partial charge in [0.2, 0.25) is 17.7 Å². The van der Waals surface area contributed by atoms with Gasteiger partial charge in [-0.05, 0) is 84.9 Å². The van der Waals surface area contributed by atoms with Crippen molar-refractivity contribution in [1.29, 1.82) is 0 Å². The van der Waals surface area contributed by atoms with Crippen LogP contribution in [0.5, 0.6) is 17.2 Å². The molecule has 0 spiro atoms. The number of carbonyl (C=O) groups excluding carboxylic acids is 4. The van der Waals surface area contributed by atoms with Crippen LogP contribution < -0.4 is 30.2 Å². The van der Waals surface area contributed by atoms with Gasteiger partial charge in [0.15, 0.2) is 5.69 Å². The van der Waals surface area contributed by atoms with Gasteiger partial charge in [-0.2, -0.15) is 0 Å². The summed E-state index contributed by atoms with van der Waals surface area (Å²) < 4.78 is 30.0. The Morgan fingerprint density at radius 2 is 1.58 bits per heavy atom. The third kappa shape index (κ3) is 15.3. The van der Waals surface area contributed by atoms with Crippen LogP contribution >= 0.6 is 11.3 Å². The Morgan fingerprint density at radius 1 is 0.849 bits per heavy atom. The fraction of sp³-hybridized carbons (Fsp3) is 0.500. The minimum atomic E-state index is -0.963. The topological polar surface area (TPSA) is 218 Å². The monoisotopic (exact) mass is 1020 g/mol. The molecule has 3 heterocycles. The molecule has 73 heavy (non-hydrogen) atoms. The molecule has 19 heteroatoms. The quantitative estimate of drug-likeness (QED) is 0.0445. The molecule has 0 radical (unpaired) electrons. The number of hydrogen-bond donors (Lipinski definition) is 4. The molecule has 0 saturated carbocycles. The van der Waals surface area contributed by atoms with E-state index in [-0.39, 0.29) is 49.7 Å². The van der Waals surface area contributed by atoms with Crippen LogP contribution in [0.25, 0.3) is 16.1 Å². The van der Waals surface area contributed by atoms with Gasteiger partial charge >= 0.3 is 0 Å². The van der Waals surface area contributed by atoms with Crippen molar-refractivity contribution < 1.29 is 48.0 Å². The number of carbonyl (C=O) groups is 4. The number of likely N-dealkylation sites (tertiary alicyclic amines) is 1. The molecule has 1 saturated heterocycles. The van der Waals surface area contributed by atoms with Crippen LogP contribution in [0.4, 0.5) is 5.69 Å². The number of rotatable bonds is 24. The van der Waals surface area contributed by atoms with E-state index < -0.39 is 41.3 Å². The van der Waals surface area contributed by atoms with Crippen LogP contribution in [0, 0.1) is 19.3 Å². The minimum absolute atomic E-state index is 0.0160. The third-order valence-electron chi connectivity index (χ3n) is 12.5. The molecule has 2 aromatic heterocycles. The number of ether oxygens (including phenoxy) is 5. The fourth-order valence-corrected chi connectivity index (χ4v) is 9.14. The Balaban J connectivity index is 0.875. The number of benzene rings is 3. The predicted octanol–water partition coefficient (Wildman–Crippen LogP) is 7.36. The molecule has 1 aliphatic heterocycles. The molecule has 1 aliphatic rings. The molecule has 0 bridgehead atoms. The summed E-state index contributed by atoms with van der Waals surface area (Å²) >= 11 is 1.57. The molecule has 4 N–H and O–H groups in total. The number of β-amino-alcohol motifs (C(OH)–C–C–N with tert-alkyl or cyclic N) is 1. The van der Waals surface area contributed by atoms with Crippen LogP contribution in [-0.4, -0.2) is 126 Å². The van der Waals surface area contributed by atoms with Crippen molar-refractivity contribution in [1.82, 2.24) is 35.5 Å². The van der Waals surface area contributed by atoms with Crippen molar-refractivity contribution in [3.8, 4) is 33.4 Å². The smallest absolute Gasteiger partial charge is 0.278 e. The standard InChI is InChI=1S/C54H72N8O10S/c1-34-48(73-33-56-34)37-17-15-36(16-18-37)30-55-50(65)44-28-40(63)31-61(44)52(67)49(54(6,7)8)58-46(64)32-71-24-23-70-21-13-11-12-14-22-72-42-26-38(53(3,4)5)25-39(27-42)57-51(66)47-35(2)62(60-59-47)43-29-41(68-9)19-20-45(43)69-10/h15-20,25-27,29,33,40,44,49,63H,11-14,21-24,28,30-32H2,1-10H3,(H,55,65)(H,57,66)(H,58,64)/t40-,44+,49-/m1/s1. The van der Waals surface area contributed by atoms with Crippen molar-refractivity contribution in [2.24, 2.45) is 5.41 Å². The zero-order valence-corrected chi connectivity index (χ0v) is 44.7. The van der Waals surface area contributed by atoms with Crippen LogP contribution in [0.3, 0.4) is 0 Å². The van der Waals surface area contributed by atoms with Gasteiger partial charge < -0.3 is 49.6 Å². The summed E-state index contributed by atoms with van der Waals surface area (Å²) in [4.78, 5) is 60.8. The van der Waals surface area contributed by atoms with E-state index in [2.05, 4.69) is 52.0 Å². The van der Waals surface area contributed by atoms with Crippen molar-refractivity contribution in [2.75, 3.05) is 59.1 Å². The van der Waals surface area contributed by atoms with E-state index in [1.807, 2.05) is 75.7 Å². The molecular weight excluding hydrogens is 953 g/mol. The molecule has 18 nitrogen and oxygen atoms in total. The van der Waals surface area contributed by atoms with Gasteiger partial charge in [-0.15, -0.1) is 16.4 Å². The third-order valence-corrected chi connectivity index (χ3v) is 13.5. The van der Waals surface area contributed by atoms with E-state index >= 15 is 0 Å². The van der Waals surface area contributed by atoms with Crippen LogP contribution in [0.2, 0.25) is 0 Å². The summed E-state index contributed by atoms with van der Waals surface area (Å²) in [5, 5.41) is 27.8. The van der Waals surface area contributed by atoms with Crippen LogP contribution in [-0.2, 0) is 35.8 Å². The molecule has 0 aliphatic carbocycles. The van der Waals surface area contributed by atoms with Crippen LogP contribution in [0.15, 0.2) is 66.2 Å². The molecule has 4 amide bonds. The lowest BCUT2D eigenvalue weighted by atomic mass is 9.85. The zero-order valence-electron chi connectivity index (χ0n) is 43.8. The number of nitrogens with one attached hydrogen (secondary N) is 3. The van der Waals surface area contributed by atoms with Gasteiger partial charge in [-0.3, -0.25) is 19.2 Å². The largest absolute Gasteiger partial charge is 0.497 e. The zero-order chi connectivity index (χ0) is 52.9. The number of amides is 4. The van der Waals surface area contributed by atoms with Gasteiger partial charge in [0.25, 0.3) is 5.91 Å². The van der Waals surface area contributed by atoms with E-state index in [1.165, 1.54) is 4.90 Å². The number of methoxy groups -OCH3 is 2. The number of anilines is 1. The Labute approximate surface area is 432 Å². The summed E-state index contributed by atoms with van der Waals surface area (Å²) in [6.45, 7) is 17.0. The number of aliphatic hydroxyl groups excluding tert-OH is 1. The first kappa shape index (κ1) is 55.9. The summed E-state index contributed by atoms with van der Waals surface area (Å²) in [6, 6.07) is 17.1. The number of nitrogens with zero attached hydrogens (tertiary/aromatic N) is 5. The highest BCUT2D eigenvalue weighted by Gasteiger charge is 2.44. The number of aryl methyl sites for hydroxylation is 1. The first-order chi connectivity index (χ1) is 34.8. The lowest BCUT2D eigenvalue weighted by molar-refractivity contribution is -0.144. The summed E-state index contributed by atoms with van der Waals surface area (Å²) in [7, 11) is 3.13. The first-order valence-electron chi connectivity index (χ1n) is 24.7. The molecule has 394 valence electrons. The average Bonchev–Trinajstić information content (AvgIpc) is 4.09. The van der Waals surface area contributed by atoms with E-state index in [9.17, 15) is 24.3 Å². The van der Waals surface area contributed by atoms with Gasteiger partial charge in [-0.1, -0.05) is 77.4 Å². The van der Waals surface area contributed by atoms with Crippen LogP contribution in [0.1, 0.15) is 107 Å². The van der Waals surface area contributed by atoms with E-state index in [4.69, 9.17) is 23.7 Å². The maximum absolute atomic E-state index is 14.0. The SMILES string of the molecule is COc1ccc(OC)c(-n2nnc(C(=O)Nc3cc(OCCCCCCOCCOCC(=O)N[C@H](C(=O)N4C[C@H](O)C[C@H]4C(=O)NCc4ccc(-c5scnc5C)cc4)C(C)(C)C)cc(C(C)(C)C)c3)c2C)c1. The maximum atomic E-state index is 14.0. The second-order valence-corrected chi connectivity index (χ2v) is 21.1. The van der Waals surface area contributed by atoms with E-state index in [0.717, 1.165) is 52.9 Å². The Kier molecular flexibility index (Phi) is 19.5. The maximum Gasteiger partial charge on any atom is 0.278 e. The van der Waals surface area contributed by atoms with Gasteiger partial charge in [0, 0.05) is 43.9 Å². The average molecular weight is 1030 g/mol. The molecule has 3 aromatic carbocycles. The van der Waals surface area contributed by atoms with Crippen molar-refractivity contribution in [3.05, 3.63) is 94.4 Å². The number of aromatic nitrogens is 4.